The zero-order chi connectivity index (χ0) is 9.60. The molecule has 1 saturated carbocycles. The highest BCUT2D eigenvalue weighted by atomic mass is 19.1. The van der Waals surface area contributed by atoms with Crippen molar-refractivity contribution in [1.82, 2.24) is 5.32 Å². The van der Waals surface area contributed by atoms with Crippen LogP contribution in [-0.2, 0) is 5.54 Å². The number of hydrogen-bond donors (Lipinski definition) is 1. The quantitative estimate of drug-likeness (QED) is 0.719. The van der Waals surface area contributed by atoms with Crippen LogP contribution in [0.25, 0.3) is 0 Å². The predicted octanol–water partition coefficient (Wildman–Crippen LogP) is 2.57. The molecule has 2 saturated heterocycles. The first-order valence-electron chi connectivity index (χ1n) is 5.32. The predicted molar refractivity (Wildman–Crippen MR) is 53.5 cm³/mol. The van der Waals surface area contributed by atoms with Gasteiger partial charge in [0.15, 0.2) is 0 Å². The van der Waals surface area contributed by atoms with Crippen LogP contribution in [0.5, 0.6) is 0 Å². The van der Waals surface area contributed by atoms with Gasteiger partial charge in [0.1, 0.15) is 5.82 Å². The van der Waals surface area contributed by atoms with E-state index < -0.39 is 0 Å². The number of hydrogen-bond acceptors (Lipinski definition) is 1. The first-order chi connectivity index (χ1) is 6.78. The van der Waals surface area contributed by atoms with Gasteiger partial charge in [-0.1, -0.05) is 12.1 Å². The van der Waals surface area contributed by atoms with Crippen LogP contribution in [0, 0.1) is 5.82 Å². The van der Waals surface area contributed by atoms with Crippen LogP contribution in [0.15, 0.2) is 24.3 Å². The van der Waals surface area contributed by atoms with E-state index in [1.165, 1.54) is 25.3 Å². The second kappa shape index (κ2) is 2.80. The molecule has 1 aromatic carbocycles. The summed E-state index contributed by atoms with van der Waals surface area (Å²) in [5.74, 6) is -0.118. The van der Waals surface area contributed by atoms with E-state index in [-0.39, 0.29) is 11.4 Å². The van der Waals surface area contributed by atoms with Crippen molar-refractivity contribution in [3.05, 3.63) is 35.6 Å². The molecule has 14 heavy (non-hydrogen) atoms. The fraction of sp³-hybridized carbons (Fsp3) is 0.500. The van der Waals surface area contributed by atoms with Crippen LogP contribution in [0.2, 0.25) is 0 Å². The maximum Gasteiger partial charge on any atom is 0.123 e. The number of benzene rings is 1. The molecule has 1 aromatic rings. The molecular weight excluding hydrogens is 177 g/mol. The van der Waals surface area contributed by atoms with Gasteiger partial charge < -0.3 is 5.32 Å². The van der Waals surface area contributed by atoms with E-state index in [1.807, 2.05) is 12.1 Å². The number of nitrogens with one attached hydrogen (secondary N) is 1. The van der Waals surface area contributed by atoms with Gasteiger partial charge in [-0.05, 0) is 43.4 Å². The fourth-order valence-electron chi connectivity index (χ4n) is 2.92. The van der Waals surface area contributed by atoms with Crippen LogP contribution >= 0.6 is 0 Å². The number of piperidine rings is 1. The fourth-order valence-corrected chi connectivity index (χ4v) is 2.92. The number of halogens is 1. The zero-order valence-corrected chi connectivity index (χ0v) is 8.09. The molecule has 0 amide bonds. The Kier molecular flexibility index (Phi) is 1.68. The van der Waals surface area contributed by atoms with E-state index in [0.717, 1.165) is 12.0 Å². The second-order valence-electron chi connectivity index (χ2n) is 4.53. The van der Waals surface area contributed by atoms with E-state index in [2.05, 4.69) is 5.32 Å². The lowest BCUT2D eigenvalue weighted by molar-refractivity contribution is 0.0685. The van der Waals surface area contributed by atoms with Gasteiger partial charge in [-0.3, -0.25) is 0 Å². The highest BCUT2D eigenvalue weighted by molar-refractivity contribution is 5.30. The Bertz CT molecular complexity index is 350. The summed E-state index contributed by atoms with van der Waals surface area (Å²) in [6.07, 6.45) is 4.91. The van der Waals surface area contributed by atoms with Gasteiger partial charge in [-0.25, -0.2) is 4.39 Å². The normalized spacial score (nSPS) is 35.1. The minimum Gasteiger partial charge on any atom is -0.304 e. The molecule has 3 fully saturated rings. The molecule has 74 valence electrons. The maximum atomic E-state index is 13.1. The van der Waals surface area contributed by atoms with Gasteiger partial charge in [0.25, 0.3) is 0 Å². The summed E-state index contributed by atoms with van der Waals surface area (Å²) in [4.78, 5) is 0. The molecule has 2 heteroatoms. The van der Waals surface area contributed by atoms with Crippen molar-refractivity contribution in [2.75, 3.05) is 0 Å². The maximum absolute atomic E-state index is 13.1. The molecule has 0 aromatic heterocycles. The number of fused-ring (bicyclic) bond motifs is 2. The lowest BCUT2D eigenvalue weighted by atomic mass is 9.67. The average molecular weight is 191 g/mol. The van der Waals surface area contributed by atoms with Crippen LogP contribution in [0.1, 0.15) is 31.2 Å². The Morgan fingerprint density at radius 2 is 2.29 bits per heavy atom. The molecule has 2 heterocycles. The third-order valence-electron chi connectivity index (χ3n) is 3.61. The van der Waals surface area contributed by atoms with E-state index in [4.69, 9.17) is 0 Å². The van der Waals surface area contributed by atoms with Crippen LogP contribution in [0.4, 0.5) is 4.39 Å². The largest absolute Gasteiger partial charge is 0.304 e. The van der Waals surface area contributed by atoms with Gasteiger partial charge in [-0.2, -0.15) is 0 Å². The third-order valence-corrected chi connectivity index (χ3v) is 3.61. The summed E-state index contributed by atoms with van der Waals surface area (Å²) in [5, 5.41) is 3.57. The minimum atomic E-state index is -0.118. The average Bonchev–Trinajstić information content (AvgIpc) is 2.17. The molecular formula is C12H14FN. The highest BCUT2D eigenvalue weighted by Crippen LogP contribution is 2.45. The highest BCUT2D eigenvalue weighted by Gasteiger charge is 2.47. The Morgan fingerprint density at radius 1 is 1.43 bits per heavy atom. The first-order valence-corrected chi connectivity index (χ1v) is 5.32. The Balaban J connectivity index is 1.95. The van der Waals surface area contributed by atoms with Crippen molar-refractivity contribution in [1.29, 1.82) is 0 Å². The molecule has 4 rings (SSSR count). The van der Waals surface area contributed by atoms with Gasteiger partial charge in [-0.15, -0.1) is 0 Å². The minimum absolute atomic E-state index is 0.116. The molecule has 1 aliphatic carbocycles. The van der Waals surface area contributed by atoms with Gasteiger partial charge in [0.2, 0.25) is 0 Å². The molecule has 1 N–H and O–H groups in total. The first kappa shape index (κ1) is 8.42. The van der Waals surface area contributed by atoms with Crippen molar-refractivity contribution in [2.24, 2.45) is 0 Å². The lowest BCUT2D eigenvalue weighted by Gasteiger charge is -2.54. The second-order valence-corrected chi connectivity index (χ2v) is 4.53. The van der Waals surface area contributed by atoms with E-state index >= 15 is 0 Å². The molecule has 3 aliphatic rings. The molecule has 2 aliphatic heterocycles. The van der Waals surface area contributed by atoms with Crippen LogP contribution in [-0.4, -0.2) is 6.04 Å². The van der Waals surface area contributed by atoms with Gasteiger partial charge in [0.05, 0.1) is 0 Å². The molecule has 2 atom stereocenters. The summed E-state index contributed by atoms with van der Waals surface area (Å²) in [6.45, 7) is 0. The van der Waals surface area contributed by atoms with E-state index in [9.17, 15) is 4.39 Å². The number of rotatable bonds is 1. The monoisotopic (exact) mass is 191 g/mol. The zero-order valence-electron chi connectivity index (χ0n) is 8.09. The van der Waals surface area contributed by atoms with Crippen LogP contribution in [0.3, 0.4) is 0 Å². The van der Waals surface area contributed by atoms with Crippen molar-refractivity contribution >= 4 is 0 Å². The van der Waals surface area contributed by atoms with Crippen molar-refractivity contribution in [3.63, 3.8) is 0 Å². The lowest BCUT2D eigenvalue weighted by Crippen LogP contribution is -2.63. The Labute approximate surface area is 83.3 Å². The summed E-state index contributed by atoms with van der Waals surface area (Å²) >= 11 is 0. The summed E-state index contributed by atoms with van der Waals surface area (Å²) in [5.41, 5.74) is 1.25. The third kappa shape index (κ3) is 1.10. The molecule has 0 spiro atoms. The Morgan fingerprint density at radius 3 is 2.93 bits per heavy atom. The summed E-state index contributed by atoms with van der Waals surface area (Å²) < 4.78 is 13.1. The standard InChI is InChI=1S/C12H14FN/c13-10-4-1-3-9(7-10)12-6-2-5-11(8-12)14-12/h1,3-4,7,11,14H,2,5-6,8H2. The van der Waals surface area contributed by atoms with Crippen molar-refractivity contribution in [2.45, 2.75) is 37.3 Å². The topological polar surface area (TPSA) is 12.0 Å². The summed E-state index contributed by atoms with van der Waals surface area (Å²) in [7, 11) is 0. The van der Waals surface area contributed by atoms with Gasteiger partial charge in [0, 0.05) is 11.6 Å². The SMILES string of the molecule is Fc1cccc(C23CCCC(C2)N3)c1. The Hall–Kier alpha value is -0.890. The smallest absolute Gasteiger partial charge is 0.123 e. The van der Waals surface area contributed by atoms with Crippen molar-refractivity contribution in [3.8, 4) is 0 Å². The molecule has 1 nitrogen and oxygen atoms in total. The molecule has 2 unspecified atom stereocenters. The van der Waals surface area contributed by atoms with Gasteiger partial charge >= 0.3 is 0 Å². The van der Waals surface area contributed by atoms with E-state index in [1.54, 1.807) is 6.07 Å². The van der Waals surface area contributed by atoms with E-state index in [0.29, 0.717) is 6.04 Å². The molecule has 2 bridgehead atoms. The van der Waals surface area contributed by atoms with Crippen molar-refractivity contribution < 1.29 is 4.39 Å². The summed E-state index contributed by atoms with van der Waals surface area (Å²) in [6, 6.07) is 7.72. The molecule has 0 radical (unpaired) electrons. The van der Waals surface area contributed by atoms with Crippen LogP contribution < -0.4 is 5.32 Å².